The van der Waals surface area contributed by atoms with Gasteiger partial charge in [-0.05, 0) is 85.8 Å². The van der Waals surface area contributed by atoms with Crippen LogP contribution >= 0.6 is 11.6 Å². The molecule has 1 atom stereocenters. The van der Waals surface area contributed by atoms with Gasteiger partial charge in [-0.2, -0.15) is 28.1 Å². The number of aryl methyl sites for hydroxylation is 1. The third-order valence-electron chi connectivity index (χ3n) is 8.90. The molecule has 0 spiro atoms. The lowest BCUT2D eigenvalue weighted by atomic mass is 10.1. The van der Waals surface area contributed by atoms with E-state index in [1.807, 2.05) is 29.8 Å². The van der Waals surface area contributed by atoms with Gasteiger partial charge in [0.15, 0.2) is 6.61 Å². The Hall–Kier alpha value is -6.76. The standard InChI is InChI=1S/C38H36ClF3N10O6/c1-22-43-18-19-52(22)20-23-2-10-27(11-3-23)45-32(55)31(54)44-17-14-29(33(56)57)47-30(53)24-4-12-28(13-5-24)46-34-48-35(50-36(49-34)58-21-38(40,41)42)51-37(15-16-37)25-6-8-26(39)9-7-25/h2-13,18-19,29H,14-17,20-21H2,1H3,(H,44,54)(H,45,55)(H,47,53)(H,56,57)(H2,46,48,49,50,51)/t29-/m0/s1. The van der Waals surface area contributed by atoms with Crippen molar-refractivity contribution in [3.63, 3.8) is 0 Å². The van der Waals surface area contributed by atoms with E-state index in [-0.39, 0.29) is 30.4 Å². The van der Waals surface area contributed by atoms with E-state index < -0.39 is 54.1 Å². The van der Waals surface area contributed by atoms with Crippen LogP contribution in [0.5, 0.6) is 6.01 Å². The summed E-state index contributed by atoms with van der Waals surface area (Å²) in [7, 11) is 0. The molecule has 3 amide bonds. The number of halogens is 4. The van der Waals surface area contributed by atoms with Crippen molar-refractivity contribution in [2.45, 2.75) is 50.5 Å². The summed E-state index contributed by atoms with van der Waals surface area (Å²) < 4.78 is 45.6. The normalized spacial score (nSPS) is 13.5. The predicted molar refractivity (Wildman–Crippen MR) is 205 cm³/mol. The number of carbonyl (C=O) groups is 4. The Morgan fingerprint density at radius 2 is 1.59 bits per heavy atom. The molecule has 1 aliphatic carbocycles. The van der Waals surface area contributed by atoms with Gasteiger partial charge in [-0.3, -0.25) is 14.4 Å². The molecule has 2 aromatic heterocycles. The fourth-order valence-electron chi connectivity index (χ4n) is 5.67. The minimum atomic E-state index is -4.65. The van der Waals surface area contributed by atoms with Gasteiger partial charge in [-0.1, -0.05) is 35.9 Å². The number of benzene rings is 3. The van der Waals surface area contributed by atoms with Crippen LogP contribution in [0.25, 0.3) is 0 Å². The molecule has 0 aliphatic heterocycles. The molecule has 1 aliphatic rings. The highest BCUT2D eigenvalue weighted by atomic mass is 35.5. The maximum absolute atomic E-state index is 13.0. The second kappa shape index (κ2) is 17.6. The van der Waals surface area contributed by atoms with E-state index >= 15 is 0 Å². The van der Waals surface area contributed by atoms with E-state index in [0.717, 1.165) is 17.0 Å². The molecule has 0 unspecified atom stereocenters. The van der Waals surface area contributed by atoms with Gasteiger partial charge in [0.1, 0.15) is 11.9 Å². The highest BCUT2D eigenvalue weighted by Crippen LogP contribution is 2.48. The van der Waals surface area contributed by atoms with Crippen LogP contribution in [0.3, 0.4) is 0 Å². The third kappa shape index (κ3) is 11.2. The number of hydrogen-bond donors (Lipinski definition) is 6. The van der Waals surface area contributed by atoms with Crippen molar-refractivity contribution in [1.29, 1.82) is 0 Å². The summed E-state index contributed by atoms with van der Waals surface area (Å²) in [5.74, 6) is -3.43. The van der Waals surface area contributed by atoms with Gasteiger partial charge in [0.2, 0.25) is 11.9 Å². The lowest BCUT2D eigenvalue weighted by molar-refractivity contribution is -0.154. The van der Waals surface area contributed by atoms with Gasteiger partial charge < -0.3 is 41.0 Å². The maximum atomic E-state index is 13.0. The lowest BCUT2D eigenvalue weighted by Gasteiger charge is -2.19. The molecule has 2 heterocycles. The number of amides is 3. The number of nitrogens with zero attached hydrogens (tertiary/aromatic N) is 5. The molecule has 16 nitrogen and oxygen atoms in total. The minimum Gasteiger partial charge on any atom is -0.480 e. The molecule has 0 radical (unpaired) electrons. The first-order chi connectivity index (χ1) is 27.6. The smallest absolute Gasteiger partial charge is 0.422 e. The topological polar surface area (TPSA) is 214 Å². The van der Waals surface area contributed by atoms with Gasteiger partial charge in [-0.25, -0.2) is 9.78 Å². The minimum absolute atomic E-state index is 0.0442. The number of hydrogen-bond acceptors (Lipinski definition) is 11. The molecule has 1 saturated carbocycles. The van der Waals surface area contributed by atoms with Crippen LogP contribution in [-0.4, -0.2) is 78.7 Å². The summed E-state index contributed by atoms with van der Waals surface area (Å²) in [6.07, 6.45) is 0.0503. The SMILES string of the molecule is Cc1nccn1Cc1ccc(NC(=O)C(=O)NCC[C@H](NC(=O)c2ccc(Nc3nc(NC4(c5ccc(Cl)cc5)CC4)nc(OCC(F)(F)F)n3)cc2)C(=O)O)cc1. The Morgan fingerprint density at radius 3 is 2.21 bits per heavy atom. The highest BCUT2D eigenvalue weighted by molar-refractivity contribution is 6.39. The number of nitrogens with one attached hydrogen (secondary N) is 5. The maximum Gasteiger partial charge on any atom is 0.422 e. The predicted octanol–water partition coefficient (Wildman–Crippen LogP) is 5.19. The van der Waals surface area contributed by atoms with Crippen molar-refractivity contribution in [2.75, 3.05) is 29.1 Å². The molecule has 6 rings (SSSR count). The van der Waals surface area contributed by atoms with E-state index in [9.17, 15) is 37.5 Å². The summed E-state index contributed by atoms with van der Waals surface area (Å²) >= 11 is 6.03. The number of carbonyl (C=O) groups excluding carboxylic acids is 3. The van der Waals surface area contributed by atoms with Crippen molar-refractivity contribution in [2.24, 2.45) is 0 Å². The molecule has 1 fully saturated rings. The summed E-state index contributed by atoms with van der Waals surface area (Å²) in [6, 6.07) is 17.6. The molecule has 0 bridgehead atoms. The molecule has 3 aromatic carbocycles. The Kier molecular flexibility index (Phi) is 12.4. The number of ether oxygens (including phenoxy) is 1. The van der Waals surface area contributed by atoms with Crippen LogP contribution in [-0.2, 0) is 26.5 Å². The summed E-state index contributed by atoms with van der Waals surface area (Å²) in [5, 5.41) is 23.5. The Bertz CT molecular complexity index is 2270. The van der Waals surface area contributed by atoms with E-state index in [2.05, 4.69) is 46.5 Å². The Morgan fingerprint density at radius 1 is 0.914 bits per heavy atom. The third-order valence-corrected chi connectivity index (χ3v) is 9.15. The van der Waals surface area contributed by atoms with Crippen LogP contribution < -0.4 is 31.3 Å². The number of carboxylic acid groups (broad SMARTS) is 1. The fourth-order valence-corrected chi connectivity index (χ4v) is 5.79. The lowest BCUT2D eigenvalue weighted by Crippen LogP contribution is -2.44. The second-order valence-corrected chi connectivity index (χ2v) is 13.7. The monoisotopic (exact) mass is 820 g/mol. The average molecular weight is 821 g/mol. The van der Waals surface area contributed by atoms with Gasteiger partial charge >= 0.3 is 30.0 Å². The number of alkyl halides is 3. The molecular formula is C38H36ClF3N10O6. The fraction of sp³-hybridized carbons (Fsp3) is 0.263. The number of imidazole rings is 1. The number of anilines is 4. The van der Waals surface area contributed by atoms with Gasteiger partial charge in [0, 0.05) is 47.4 Å². The Labute approximate surface area is 333 Å². The first-order valence-electron chi connectivity index (χ1n) is 17.7. The van der Waals surface area contributed by atoms with E-state index in [0.29, 0.717) is 35.8 Å². The molecule has 0 saturated heterocycles. The molecule has 5 aromatic rings. The number of rotatable bonds is 16. The molecule has 6 N–H and O–H groups in total. The van der Waals surface area contributed by atoms with Crippen molar-refractivity contribution in [3.05, 3.63) is 113 Å². The molecular weight excluding hydrogens is 785 g/mol. The number of aliphatic carboxylic acids is 1. The zero-order valence-corrected chi connectivity index (χ0v) is 31.4. The first kappa shape index (κ1) is 40.9. The average Bonchev–Trinajstić information content (AvgIpc) is 3.85. The van der Waals surface area contributed by atoms with Crippen LogP contribution in [0.2, 0.25) is 5.02 Å². The summed E-state index contributed by atoms with van der Waals surface area (Å²) in [4.78, 5) is 66.2. The molecule has 20 heteroatoms. The zero-order valence-electron chi connectivity index (χ0n) is 30.6. The van der Waals surface area contributed by atoms with Crippen molar-refractivity contribution < 1.29 is 42.2 Å². The van der Waals surface area contributed by atoms with Gasteiger partial charge in [0.25, 0.3) is 5.91 Å². The van der Waals surface area contributed by atoms with E-state index in [1.165, 1.54) is 24.3 Å². The van der Waals surface area contributed by atoms with Gasteiger partial charge in [-0.15, -0.1) is 0 Å². The largest absolute Gasteiger partial charge is 0.480 e. The Balaban J connectivity index is 1.01. The summed E-state index contributed by atoms with van der Waals surface area (Å²) in [5.41, 5.74) is 2.04. The second-order valence-electron chi connectivity index (χ2n) is 13.2. The van der Waals surface area contributed by atoms with E-state index in [1.54, 1.807) is 42.6 Å². The summed E-state index contributed by atoms with van der Waals surface area (Å²) in [6.45, 7) is 0.583. The molecule has 302 valence electrons. The van der Waals surface area contributed by atoms with Crippen molar-refractivity contribution >= 4 is 58.6 Å². The van der Waals surface area contributed by atoms with Crippen molar-refractivity contribution in [3.8, 4) is 6.01 Å². The zero-order chi connectivity index (χ0) is 41.5. The van der Waals surface area contributed by atoms with Crippen molar-refractivity contribution in [1.82, 2.24) is 35.1 Å². The number of carboxylic acids is 1. The first-order valence-corrected chi connectivity index (χ1v) is 18.1. The van der Waals surface area contributed by atoms with Crippen LogP contribution in [0, 0.1) is 6.92 Å². The van der Waals surface area contributed by atoms with Gasteiger partial charge in [0.05, 0.1) is 5.54 Å². The van der Waals surface area contributed by atoms with Crippen LogP contribution in [0.4, 0.5) is 36.4 Å². The quantitative estimate of drug-likeness (QED) is 0.0710. The highest BCUT2D eigenvalue weighted by Gasteiger charge is 2.45. The van der Waals surface area contributed by atoms with E-state index in [4.69, 9.17) is 16.3 Å². The number of aromatic nitrogens is 5. The van der Waals surface area contributed by atoms with Crippen LogP contribution in [0.15, 0.2) is 85.2 Å². The molecule has 58 heavy (non-hydrogen) atoms. The van der Waals surface area contributed by atoms with Crippen LogP contribution in [0.1, 0.15) is 46.6 Å².